The molecule has 0 atom stereocenters. The standard InChI is InChI=1S/C9H10O2.Na.H/c1-6-3-7(2)5-8(4-6)9(10)11;;/h3-5H,1-2H3,(H,10,11);;. The molecule has 1 N–H and O–H groups in total. The summed E-state index contributed by atoms with van der Waals surface area (Å²) in [6.45, 7) is 3.78. The van der Waals surface area contributed by atoms with Crippen molar-refractivity contribution < 1.29 is 9.90 Å². The van der Waals surface area contributed by atoms with Crippen LogP contribution in [0.3, 0.4) is 0 Å². The number of rotatable bonds is 1. The molecule has 1 rings (SSSR count). The second-order valence-electron chi connectivity index (χ2n) is 2.68. The molecule has 0 fully saturated rings. The van der Waals surface area contributed by atoms with Crippen molar-refractivity contribution in [2.45, 2.75) is 13.8 Å². The molecule has 1 aromatic rings. The van der Waals surface area contributed by atoms with Crippen molar-refractivity contribution in [2.24, 2.45) is 0 Å². The van der Waals surface area contributed by atoms with Gasteiger partial charge in [-0.25, -0.2) is 4.79 Å². The Bertz CT molecular complexity index is 274. The SMILES string of the molecule is Cc1cc(C)cc(C(=O)O)c1.[NaH]. The van der Waals surface area contributed by atoms with Crippen molar-refractivity contribution in [1.29, 1.82) is 0 Å². The summed E-state index contributed by atoms with van der Waals surface area (Å²) in [7, 11) is 0. The van der Waals surface area contributed by atoms with Gasteiger partial charge in [0.15, 0.2) is 0 Å². The molecule has 1 aromatic carbocycles. The minimum absolute atomic E-state index is 0. The van der Waals surface area contributed by atoms with Gasteiger partial charge in [-0.15, -0.1) is 0 Å². The van der Waals surface area contributed by atoms with E-state index in [1.807, 2.05) is 19.9 Å². The predicted molar refractivity (Wildman–Crippen MR) is 50.0 cm³/mol. The zero-order valence-electron chi connectivity index (χ0n) is 6.59. The molecular weight excluding hydrogens is 163 g/mol. The monoisotopic (exact) mass is 174 g/mol. The first-order valence-corrected chi connectivity index (χ1v) is 3.41. The maximum atomic E-state index is 10.5. The third kappa shape index (κ3) is 2.97. The Hall–Kier alpha value is -0.310. The Kier molecular flexibility index (Phi) is 4.53. The van der Waals surface area contributed by atoms with Crippen LogP contribution in [0.5, 0.6) is 0 Å². The van der Waals surface area contributed by atoms with Crippen molar-refractivity contribution >= 4 is 35.5 Å². The fourth-order valence-electron chi connectivity index (χ4n) is 1.10. The van der Waals surface area contributed by atoms with E-state index >= 15 is 0 Å². The van der Waals surface area contributed by atoms with E-state index in [1.54, 1.807) is 12.1 Å². The predicted octanol–water partition coefficient (Wildman–Crippen LogP) is 1.35. The van der Waals surface area contributed by atoms with E-state index in [0.29, 0.717) is 5.56 Å². The topological polar surface area (TPSA) is 37.3 Å². The van der Waals surface area contributed by atoms with E-state index in [9.17, 15) is 4.79 Å². The number of aromatic carboxylic acids is 1. The van der Waals surface area contributed by atoms with Gasteiger partial charge in [-0.2, -0.15) is 0 Å². The van der Waals surface area contributed by atoms with Gasteiger partial charge in [0.25, 0.3) is 0 Å². The molecule has 0 aromatic heterocycles. The second-order valence-corrected chi connectivity index (χ2v) is 2.68. The Morgan fingerprint density at radius 3 is 1.92 bits per heavy atom. The summed E-state index contributed by atoms with van der Waals surface area (Å²) in [6.07, 6.45) is 0. The first-order chi connectivity index (χ1) is 5.09. The van der Waals surface area contributed by atoms with Gasteiger partial charge in [-0.3, -0.25) is 0 Å². The Morgan fingerprint density at radius 2 is 1.58 bits per heavy atom. The molecular formula is C9H11NaO2. The maximum absolute atomic E-state index is 10.5. The molecule has 12 heavy (non-hydrogen) atoms. The van der Waals surface area contributed by atoms with Gasteiger partial charge in [0.05, 0.1) is 5.56 Å². The number of hydrogen-bond acceptors (Lipinski definition) is 1. The molecule has 0 aliphatic heterocycles. The molecule has 60 valence electrons. The quantitative estimate of drug-likeness (QED) is 0.652. The fourth-order valence-corrected chi connectivity index (χ4v) is 1.10. The Morgan fingerprint density at radius 1 is 1.17 bits per heavy atom. The third-order valence-electron chi connectivity index (χ3n) is 1.47. The van der Waals surface area contributed by atoms with E-state index < -0.39 is 5.97 Å². The molecule has 0 saturated heterocycles. The van der Waals surface area contributed by atoms with Crippen LogP contribution in [-0.2, 0) is 0 Å². The van der Waals surface area contributed by atoms with Crippen molar-refractivity contribution in [3.05, 3.63) is 34.9 Å². The molecule has 0 bridgehead atoms. The summed E-state index contributed by atoms with van der Waals surface area (Å²) in [5.41, 5.74) is 2.34. The molecule has 3 heteroatoms. The summed E-state index contributed by atoms with van der Waals surface area (Å²) in [5, 5.41) is 8.63. The summed E-state index contributed by atoms with van der Waals surface area (Å²) in [6, 6.07) is 5.27. The van der Waals surface area contributed by atoms with Crippen LogP contribution in [0.1, 0.15) is 21.5 Å². The van der Waals surface area contributed by atoms with Crippen molar-refractivity contribution in [3.63, 3.8) is 0 Å². The van der Waals surface area contributed by atoms with Crippen LogP contribution in [0.25, 0.3) is 0 Å². The Labute approximate surface area is 93.9 Å². The van der Waals surface area contributed by atoms with E-state index in [2.05, 4.69) is 0 Å². The number of carbonyl (C=O) groups is 1. The van der Waals surface area contributed by atoms with Crippen LogP contribution in [0.2, 0.25) is 0 Å². The van der Waals surface area contributed by atoms with Crippen molar-refractivity contribution in [2.75, 3.05) is 0 Å². The van der Waals surface area contributed by atoms with Crippen molar-refractivity contribution in [3.8, 4) is 0 Å². The normalized spacial score (nSPS) is 8.83. The zero-order chi connectivity index (χ0) is 8.43. The van der Waals surface area contributed by atoms with Gasteiger partial charge in [-0.1, -0.05) is 17.2 Å². The number of hydrogen-bond donors (Lipinski definition) is 1. The van der Waals surface area contributed by atoms with Gasteiger partial charge in [0, 0.05) is 0 Å². The van der Waals surface area contributed by atoms with Crippen LogP contribution in [0.4, 0.5) is 0 Å². The second kappa shape index (κ2) is 4.65. The van der Waals surface area contributed by atoms with Gasteiger partial charge < -0.3 is 5.11 Å². The van der Waals surface area contributed by atoms with Gasteiger partial charge in [0.2, 0.25) is 0 Å². The molecule has 0 spiro atoms. The average Bonchev–Trinajstić information content (AvgIpc) is 1.85. The van der Waals surface area contributed by atoms with Gasteiger partial charge >= 0.3 is 35.5 Å². The summed E-state index contributed by atoms with van der Waals surface area (Å²) in [4.78, 5) is 10.5. The first-order valence-electron chi connectivity index (χ1n) is 3.41. The van der Waals surface area contributed by atoms with E-state index in [-0.39, 0.29) is 29.6 Å². The van der Waals surface area contributed by atoms with Crippen LogP contribution in [0, 0.1) is 13.8 Å². The van der Waals surface area contributed by atoms with E-state index in [1.165, 1.54) is 0 Å². The van der Waals surface area contributed by atoms with E-state index in [0.717, 1.165) is 11.1 Å². The molecule has 0 heterocycles. The molecule has 0 saturated carbocycles. The first kappa shape index (κ1) is 11.7. The summed E-state index contributed by atoms with van der Waals surface area (Å²) < 4.78 is 0. The molecule has 0 amide bonds. The van der Waals surface area contributed by atoms with E-state index in [4.69, 9.17) is 5.11 Å². The summed E-state index contributed by atoms with van der Waals surface area (Å²) in [5.74, 6) is -0.864. The van der Waals surface area contributed by atoms with Crippen LogP contribution < -0.4 is 0 Å². The van der Waals surface area contributed by atoms with Crippen molar-refractivity contribution in [1.82, 2.24) is 0 Å². The van der Waals surface area contributed by atoms with Gasteiger partial charge in [-0.05, 0) is 26.0 Å². The molecule has 2 nitrogen and oxygen atoms in total. The fraction of sp³-hybridized carbons (Fsp3) is 0.222. The number of carboxylic acid groups (broad SMARTS) is 1. The zero-order valence-corrected chi connectivity index (χ0v) is 6.59. The molecule has 0 radical (unpaired) electrons. The Balaban J connectivity index is 0.00000121. The molecule has 0 aliphatic rings. The molecule has 0 unspecified atom stereocenters. The third-order valence-corrected chi connectivity index (χ3v) is 1.47. The number of benzene rings is 1. The number of aryl methyl sites for hydroxylation is 2. The minimum atomic E-state index is -0.864. The number of carboxylic acids is 1. The van der Waals surface area contributed by atoms with Crippen LogP contribution in [-0.4, -0.2) is 40.6 Å². The van der Waals surface area contributed by atoms with Gasteiger partial charge in [0.1, 0.15) is 0 Å². The average molecular weight is 174 g/mol. The molecule has 0 aliphatic carbocycles. The summed E-state index contributed by atoms with van der Waals surface area (Å²) >= 11 is 0. The van der Waals surface area contributed by atoms with Crippen LogP contribution >= 0.6 is 0 Å². The van der Waals surface area contributed by atoms with Crippen LogP contribution in [0.15, 0.2) is 18.2 Å².